The second-order valence-electron chi connectivity index (χ2n) is 5.14. The number of nitrogens with two attached hydrogens (primary N) is 2. The molecule has 1 rings (SSSR count). The number of primary amides is 1. The first kappa shape index (κ1) is 15.9. The first-order valence-corrected chi connectivity index (χ1v) is 6.14. The van der Waals surface area contributed by atoms with Crippen LogP contribution in [0.4, 0.5) is 5.69 Å². The molecule has 0 radical (unpaired) electrons. The molecule has 0 saturated heterocycles. The minimum atomic E-state index is -1.22. The molecule has 0 fully saturated rings. The smallest absolute Gasteiger partial charge is 0.310 e. The van der Waals surface area contributed by atoms with Crippen molar-refractivity contribution in [2.75, 3.05) is 0 Å². The summed E-state index contributed by atoms with van der Waals surface area (Å²) < 4.78 is 5.54. The molecule has 0 spiro atoms. The Hall–Kier alpha value is -2.15. The molecule has 7 nitrogen and oxygen atoms in total. The van der Waals surface area contributed by atoms with E-state index in [1.54, 1.807) is 26.0 Å². The number of rotatable bonds is 6. The van der Waals surface area contributed by atoms with Crippen LogP contribution in [0.2, 0.25) is 0 Å². The van der Waals surface area contributed by atoms with Crippen molar-refractivity contribution >= 4 is 11.6 Å². The highest BCUT2D eigenvalue weighted by atomic mass is 16.6. The summed E-state index contributed by atoms with van der Waals surface area (Å²) in [7, 11) is 0. The van der Waals surface area contributed by atoms with Gasteiger partial charge in [-0.3, -0.25) is 14.9 Å². The van der Waals surface area contributed by atoms with Crippen LogP contribution in [0.1, 0.15) is 25.8 Å². The lowest BCUT2D eigenvalue weighted by atomic mass is 9.95. The van der Waals surface area contributed by atoms with Gasteiger partial charge in [0.25, 0.3) is 0 Å². The van der Waals surface area contributed by atoms with Gasteiger partial charge in [-0.1, -0.05) is 6.07 Å². The zero-order valence-corrected chi connectivity index (χ0v) is 11.8. The number of amides is 1. The van der Waals surface area contributed by atoms with E-state index in [2.05, 4.69) is 0 Å². The molecule has 110 valence electrons. The Labute approximate surface area is 117 Å². The maximum Gasteiger partial charge on any atom is 0.310 e. The largest absolute Gasteiger partial charge is 0.484 e. The summed E-state index contributed by atoms with van der Waals surface area (Å²) >= 11 is 0. The van der Waals surface area contributed by atoms with Crippen LogP contribution in [-0.4, -0.2) is 22.5 Å². The van der Waals surface area contributed by atoms with Crippen molar-refractivity contribution in [2.24, 2.45) is 11.5 Å². The lowest BCUT2D eigenvalue weighted by Gasteiger charge is -2.25. The Balaban J connectivity index is 2.90. The van der Waals surface area contributed by atoms with Gasteiger partial charge in [0.1, 0.15) is 0 Å². The van der Waals surface area contributed by atoms with Crippen LogP contribution < -0.4 is 16.2 Å². The monoisotopic (exact) mass is 281 g/mol. The van der Waals surface area contributed by atoms with Gasteiger partial charge in [0, 0.05) is 12.5 Å². The third-order valence-corrected chi connectivity index (χ3v) is 2.91. The van der Waals surface area contributed by atoms with E-state index in [1.807, 2.05) is 0 Å². The number of aryl methyl sites for hydroxylation is 1. The van der Waals surface area contributed by atoms with E-state index in [4.69, 9.17) is 16.2 Å². The summed E-state index contributed by atoms with van der Waals surface area (Å²) in [6, 6.07) is 4.59. The van der Waals surface area contributed by atoms with Crippen molar-refractivity contribution in [3.8, 4) is 5.75 Å². The average Bonchev–Trinajstić information content (AvgIpc) is 2.27. The first-order chi connectivity index (χ1) is 9.13. The van der Waals surface area contributed by atoms with E-state index in [-0.39, 0.29) is 17.9 Å². The molecule has 0 saturated carbocycles. The fraction of sp³-hybridized carbons (Fsp3) is 0.462. The van der Waals surface area contributed by atoms with Gasteiger partial charge in [0.05, 0.1) is 16.6 Å². The van der Waals surface area contributed by atoms with Gasteiger partial charge in [-0.05, 0) is 32.4 Å². The molecule has 2 unspecified atom stereocenters. The Morgan fingerprint density at radius 1 is 1.55 bits per heavy atom. The molecular formula is C13H19N3O4. The number of carbonyl (C=O) groups excluding carboxylic acids is 1. The van der Waals surface area contributed by atoms with Gasteiger partial charge in [-0.15, -0.1) is 0 Å². The molecule has 7 heteroatoms. The quantitative estimate of drug-likeness (QED) is 0.600. The lowest BCUT2D eigenvalue weighted by Crippen LogP contribution is -2.51. The molecular weight excluding hydrogens is 262 g/mol. The second-order valence-corrected chi connectivity index (χ2v) is 5.14. The number of benzene rings is 1. The summed E-state index contributed by atoms with van der Waals surface area (Å²) in [5.41, 5.74) is 10.4. The fourth-order valence-electron chi connectivity index (χ4n) is 1.82. The summed E-state index contributed by atoms with van der Waals surface area (Å²) in [4.78, 5) is 21.6. The van der Waals surface area contributed by atoms with Crippen LogP contribution in [0.3, 0.4) is 0 Å². The van der Waals surface area contributed by atoms with Gasteiger partial charge < -0.3 is 16.2 Å². The minimum absolute atomic E-state index is 0.125. The topological polar surface area (TPSA) is 121 Å². The summed E-state index contributed by atoms with van der Waals surface area (Å²) in [5, 5.41) is 10.9. The highest BCUT2D eigenvalue weighted by molar-refractivity contribution is 5.83. The number of nitro benzene ring substituents is 1. The first-order valence-electron chi connectivity index (χ1n) is 6.14. The second kappa shape index (κ2) is 5.87. The van der Waals surface area contributed by atoms with Crippen molar-refractivity contribution in [2.45, 2.75) is 38.8 Å². The van der Waals surface area contributed by atoms with Crippen molar-refractivity contribution < 1.29 is 14.5 Å². The SMILES string of the molecule is Cc1ccc([N+](=O)[O-])c(OC(C)CC(C)(N)C(N)=O)c1. The van der Waals surface area contributed by atoms with Crippen LogP contribution in [0.25, 0.3) is 0 Å². The summed E-state index contributed by atoms with van der Waals surface area (Å²) in [5.74, 6) is -0.491. The molecule has 4 N–H and O–H groups in total. The Bertz CT molecular complexity index is 528. The highest BCUT2D eigenvalue weighted by Gasteiger charge is 2.29. The number of hydrogen-bond acceptors (Lipinski definition) is 5. The number of nitrogens with zero attached hydrogens (tertiary/aromatic N) is 1. The number of nitro groups is 1. The van der Waals surface area contributed by atoms with Gasteiger partial charge in [-0.25, -0.2) is 0 Å². The van der Waals surface area contributed by atoms with Crippen LogP contribution in [-0.2, 0) is 4.79 Å². The predicted molar refractivity (Wildman–Crippen MR) is 74.3 cm³/mol. The molecule has 0 bridgehead atoms. The fourth-order valence-corrected chi connectivity index (χ4v) is 1.82. The molecule has 1 aromatic rings. The van der Waals surface area contributed by atoms with E-state index < -0.39 is 22.5 Å². The van der Waals surface area contributed by atoms with Crippen molar-refractivity contribution in [3.05, 3.63) is 33.9 Å². The zero-order chi connectivity index (χ0) is 15.5. The van der Waals surface area contributed by atoms with Gasteiger partial charge in [0.15, 0.2) is 5.75 Å². The normalized spacial score (nSPS) is 15.2. The molecule has 0 aliphatic rings. The Morgan fingerprint density at radius 3 is 2.65 bits per heavy atom. The predicted octanol–water partition coefficient (Wildman–Crippen LogP) is 1.26. The minimum Gasteiger partial charge on any atom is -0.484 e. The van der Waals surface area contributed by atoms with E-state index in [0.29, 0.717) is 0 Å². The van der Waals surface area contributed by atoms with Crippen LogP contribution in [0.15, 0.2) is 18.2 Å². The van der Waals surface area contributed by atoms with Gasteiger partial charge >= 0.3 is 5.69 Å². The molecule has 20 heavy (non-hydrogen) atoms. The standard InChI is InChI=1S/C13H19N3O4/c1-8-4-5-10(16(18)19)11(6-8)20-9(2)7-13(3,15)12(14)17/h4-6,9H,7,15H2,1-3H3,(H2,14,17). The van der Waals surface area contributed by atoms with Gasteiger partial charge in [-0.2, -0.15) is 0 Å². The van der Waals surface area contributed by atoms with Crippen LogP contribution in [0.5, 0.6) is 5.75 Å². The van der Waals surface area contributed by atoms with Crippen LogP contribution in [0, 0.1) is 17.0 Å². The maximum atomic E-state index is 11.2. The Kier molecular flexibility index (Phi) is 4.67. The molecule has 0 heterocycles. The van der Waals surface area contributed by atoms with E-state index >= 15 is 0 Å². The number of carbonyl (C=O) groups is 1. The van der Waals surface area contributed by atoms with Gasteiger partial charge in [0.2, 0.25) is 5.91 Å². The van der Waals surface area contributed by atoms with E-state index in [0.717, 1.165) is 5.56 Å². The van der Waals surface area contributed by atoms with Crippen molar-refractivity contribution in [3.63, 3.8) is 0 Å². The molecule has 2 atom stereocenters. The molecule has 0 aliphatic heterocycles. The zero-order valence-electron chi connectivity index (χ0n) is 11.8. The molecule has 0 aromatic heterocycles. The van der Waals surface area contributed by atoms with Crippen LogP contribution >= 0.6 is 0 Å². The number of hydrogen-bond donors (Lipinski definition) is 2. The number of ether oxygens (including phenoxy) is 1. The van der Waals surface area contributed by atoms with E-state index in [9.17, 15) is 14.9 Å². The third-order valence-electron chi connectivity index (χ3n) is 2.91. The van der Waals surface area contributed by atoms with Crippen molar-refractivity contribution in [1.29, 1.82) is 0 Å². The third kappa shape index (κ3) is 3.92. The van der Waals surface area contributed by atoms with E-state index in [1.165, 1.54) is 13.0 Å². The summed E-state index contributed by atoms with van der Waals surface area (Å²) in [6.45, 7) is 4.98. The molecule has 1 amide bonds. The lowest BCUT2D eigenvalue weighted by molar-refractivity contribution is -0.386. The Morgan fingerprint density at radius 2 is 2.15 bits per heavy atom. The summed E-state index contributed by atoms with van der Waals surface area (Å²) in [6.07, 6.45) is -0.328. The average molecular weight is 281 g/mol. The highest BCUT2D eigenvalue weighted by Crippen LogP contribution is 2.29. The van der Waals surface area contributed by atoms with Crippen molar-refractivity contribution in [1.82, 2.24) is 0 Å². The molecule has 0 aliphatic carbocycles. The maximum absolute atomic E-state index is 11.2. The molecule has 1 aromatic carbocycles.